The van der Waals surface area contributed by atoms with Crippen molar-refractivity contribution in [3.63, 3.8) is 0 Å². The van der Waals surface area contributed by atoms with Gasteiger partial charge in [-0.05, 0) is 49.4 Å². The molecule has 0 saturated carbocycles. The van der Waals surface area contributed by atoms with Gasteiger partial charge < -0.3 is 5.32 Å². The van der Waals surface area contributed by atoms with Crippen LogP contribution >= 0.6 is 0 Å². The second-order valence-electron chi connectivity index (χ2n) is 5.53. The van der Waals surface area contributed by atoms with Gasteiger partial charge in [-0.25, -0.2) is 12.8 Å². The molecule has 1 aromatic rings. The van der Waals surface area contributed by atoms with Crippen LogP contribution in [0.15, 0.2) is 24.3 Å². The van der Waals surface area contributed by atoms with Crippen LogP contribution < -0.4 is 5.32 Å². The Balaban J connectivity index is 2.10. The van der Waals surface area contributed by atoms with Crippen molar-refractivity contribution >= 4 is 9.84 Å². The molecule has 5 heteroatoms. The second kappa shape index (κ2) is 6.68. The minimum absolute atomic E-state index is 0.138. The zero-order valence-corrected chi connectivity index (χ0v) is 12.6. The van der Waals surface area contributed by atoms with Gasteiger partial charge in [0.2, 0.25) is 0 Å². The molecule has 1 aliphatic rings. The maximum atomic E-state index is 13.8. The molecular weight excluding hydrogens is 277 g/mol. The molecule has 1 heterocycles. The number of rotatable bonds is 6. The summed E-state index contributed by atoms with van der Waals surface area (Å²) in [4.78, 5) is 0. The zero-order chi connectivity index (χ0) is 14.6. The van der Waals surface area contributed by atoms with Crippen LogP contribution in [0.25, 0.3) is 0 Å². The fraction of sp³-hybridized carbons (Fsp3) is 0.600. The van der Waals surface area contributed by atoms with E-state index in [0.29, 0.717) is 18.4 Å². The lowest BCUT2D eigenvalue weighted by atomic mass is 9.86. The molecule has 1 aromatic carbocycles. The van der Waals surface area contributed by atoms with E-state index in [-0.39, 0.29) is 29.2 Å². The van der Waals surface area contributed by atoms with Crippen LogP contribution in [0.1, 0.15) is 18.9 Å². The van der Waals surface area contributed by atoms with Crippen molar-refractivity contribution < 1.29 is 12.8 Å². The number of sulfone groups is 1. The highest BCUT2D eigenvalue weighted by atomic mass is 32.2. The summed E-state index contributed by atoms with van der Waals surface area (Å²) < 4.78 is 37.1. The molecule has 2 rings (SSSR count). The number of hydrogen-bond donors (Lipinski definition) is 1. The smallest absolute Gasteiger partial charge is 0.150 e. The predicted octanol–water partition coefficient (Wildman–Crippen LogP) is 2.03. The Bertz CT molecular complexity index is 545. The van der Waals surface area contributed by atoms with Gasteiger partial charge in [-0.15, -0.1) is 0 Å². The Morgan fingerprint density at radius 1 is 1.40 bits per heavy atom. The second-order valence-corrected chi connectivity index (χ2v) is 7.76. The third-order valence-corrected chi connectivity index (χ3v) is 5.82. The predicted molar refractivity (Wildman–Crippen MR) is 78.9 cm³/mol. The average molecular weight is 299 g/mol. The summed E-state index contributed by atoms with van der Waals surface area (Å²) in [6.45, 7) is 3.60. The highest BCUT2D eigenvalue weighted by Gasteiger charge is 2.33. The van der Waals surface area contributed by atoms with Gasteiger partial charge in [0.05, 0.1) is 11.5 Å². The van der Waals surface area contributed by atoms with Crippen LogP contribution in [0.3, 0.4) is 0 Å². The molecular formula is C15H22FNO2S. The summed E-state index contributed by atoms with van der Waals surface area (Å²) in [5.41, 5.74) is 0.680. The van der Waals surface area contributed by atoms with Gasteiger partial charge in [0.15, 0.2) is 9.84 Å². The first-order valence-electron chi connectivity index (χ1n) is 7.16. The summed E-state index contributed by atoms with van der Waals surface area (Å²) in [6.07, 6.45) is 1.30. The highest BCUT2D eigenvalue weighted by Crippen LogP contribution is 2.28. The van der Waals surface area contributed by atoms with Crippen molar-refractivity contribution in [3.8, 4) is 0 Å². The largest absolute Gasteiger partial charge is 0.317 e. The molecule has 1 aliphatic heterocycles. The standard InChI is InChI=1S/C15H22FNO2S/c1-2-17-10-14(13-7-8-20(18,19)11-13)9-12-5-3-4-6-15(12)16/h3-6,13-14,17H,2,7-11H2,1H3. The van der Waals surface area contributed by atoms with Gasteiger partial charge >= 0.3 is 0 Å². The maximum Gasteiger partial charge on any atom is 0.150 e. The molecule has 2 unspecified atom stereocenters. The van der Waals surface area contributed by atoms with Crippen molar-refractivity contribution in [2.45, 2.75) is 19.8 Å². The first kappa shape index (κ1) is 15.4. The molecule has 20 heavy (non-hydrogen) atoms. The summed E-state index contributed by atoms with van der Waals surface area (Å²) >= 11 is 0. The van der Waals surface area contributed by atoms with Crippen LogP contribution in [-0.4, -0.2) is 33.0 Å². The van der Waals surface area contributed by atoms with Gasteiger partial charge in [-0.2, -0.15) is 0 Å². The van der Waals surface area contributed by atoms with E-state index in [1.54, 1.807) is 12.1 Å². The Labute approximate surface area is 120 Å². The lowest BCUT2D eigenvalue weighted by Crippen LogP contribution is -2.30. The summed E-state index contributed by atoms with van der Waals surface area (Å²) in [6, 6.07) is 6.76. The molecule has 1 N–H and O–H groups in total. The van der Waals surface area contributed by atoms with Gasteiger partial charge in [0.1, 0.15) is 5.82 Å². The van der Waals surface area contributed by atoms with Gasteiger partial charge in [-0.1, -0.05) is 25.1 Å². The molecule has 0 aromatic heterocycles. The number of halogens is 1. The molecule has 0 aliphatic carbocycles. The molecule has 1 saturated heterocycles. The van der Waals surface area contributed by atoms with Crippen LogP contribution in [-0.2, 0) is 16.3 Å². The third-order valence-electron chi connectivity index (χ3n) is 4.03. The number of nitrogens with one attached hydrogen (secondary N) is 1. The van der Waals surface area contributed by atoms with Crippen LogP contribution in [0.5, 0.6) is 0 Å². The summed E-state index contributed by atoms with van der Waals surface area (Å²) in [7, 11) is -2.89. The Morgan fingerprint density at radius 3 is 2.75 bits per heavy atom. The Kier molecular flexibility index (Phi) is 5.16. The molecule has 0 amide bonds. The third kappa shape index (κ3) is 4.03. The van der Waals surface area contributed by atoms with Gasteiger partial charge in [0, 0.05) is 0 Å². The van der Waals surface area contributed by atoms with E-state index in [4.69, 9.17) is 0 Å². The van der Waals surface area contributed by atoms with Crippen LogP contribution in [0, 0.1) is 17.7 Å². The van der Waals surface area contributed by atoms with Gasteiger partial charge in [0.25, 0.3) is 0 Å². The average Bonchev–Trinajstić information content (AvgIpc) is 2.77. The van der Waals surface area contributed by atoms with Crippen molar-refractivity contribution in [3.05, 3.63) is 35.6 Å². The molecule has 1 fully saturated rings. The topological polar surface area (TPSA) is 46.2 Å². The van der Waals surface area contributed by atoms with Crippen LogP contribution in [0.2, 0.25) is 0 Å². The lowest BCUT2D eigenvalue weighted by molar-refractivity contribution is 0.342. The molecule has 0 radical (unpaired) electrons. The molecule has 0 spiro atoms. The highest BCUT2D eigenvalue weighted by molar-refractivity contribution is 7.91. The fourth-order valence-electron chi connectivity index (χ4n) is 2.88. The molecule has 0 bridgehead atoms. The SMILES string of the molecule is CCNCC(Cc1ccccc1F)C1CCS(=O)(=O)C1. The normalized spacial score (nSPS) is 22.8. The Hall–Kier alpha value is -0.940. The van der Waals surface area contributed by atoms with Crippen molar-refractivity contribution in [1.29, 1.82) is 0 Å². The van der Waals surface area contributed by atoms with E-state index in [1.165, 1.54) is 6.07 Å². The molecule has 2 atom stereocenters. The van der Waals surface area contributed by atoms with Crippen molar-refractivity contribution in [2.75, 3.05) is 24.6 Å². The van der Waals surface area contributed by atoms with Gasteiger partial charge in [-0.3, -0.25) is 0 Å². The first-order chi connectivity index (χ1) is 9.52. The Morgan fingerprint density at radius 2 is 2.15 bits per heavy atom. The maximum absolute atomic E-state index is 13.8. The molecule has 3 nitrogen and oxygen atoms in total. The van der Waals surface area contributed by atoms with E-state index in [9.17, 15) is 12.8 Å². The van der Waals surface area contributed by atoms with Crippen LogP contribution in [0.4, 0.5) is 4.39 Å². The van der Waals surface area contributed by atoms with E-state index in [2.05, 4.69) is 5.32 Å². The van der Waals surface area contributed by atoms with E-state index in [1.807, 2.05) is 13.0 Å². The zero-order valence-electron chi connectivity index (χ0n) is 11.8. The van der Waals surface area contributed by atoms with Crippen molar-refractivity contribution in [2.24, 2.45) is 11.8 Å². The quantitative estimate of drug-likeness (QED) is 0.874. The minimum Gasteiger partial charge on any atom is -0.317 e. The first-order valence-corrected chi connectivity index (χ1v) is 8.98. The van der Waals surface area contributed by atoms with E-state index < -0.39 is 9.84 Å². The number of benzene rings is 1. The molecule has 112 valence electrons. The monoisotopic (exact) mass is 299 g/mol. The lowest BCUT2D eigenvalue weighted by Gasteiger charge is -2.23. The van der Waals surface area contributed by atoms with E-state index >= 15 is 0 Å². The summed E-state index contributed by atoms with van der Waals surface area (Å²) in [5.74, 6) is 0.632. The van der Waals surface area contributed by atoms with E-state index in [0.717, 1.165) is 13.1 Å². The minimum atomic E-state index is -2.89. The number of hydrogen-bond acceptors (Lipinski definition) is 3. The summed E-state index contributed by atoms with van der Waals surface area (Å²) in [5, 5.41) is 3.28. The van der Waals surface area contributed by atoms with Crippen molar-refractivity contribution in [1.82, 2.24) is 5.32 Å². The fourth-order valence-corrected chi connectivity index (χ4v) is 4.80.